The minimum atomic E-state index is 0.0517. The number of fused-ring (bicyclic) bond motifs is 1. The van der Waals surface area contributed by atoms with Gasteiger partial charge < -0.3 is 10.5 Å². The molecule has 0 bridgehead atoms. The first-order valence-electron chi connectivity index (χ1n) is 6.88. The number of hydrogen-bond acceptors (Lipinski definition) is 5. The lowest BCUT2D eigenvalue weighted by molar-refractivity contribution is 0.219. The smallest absolute Gasteiger partial charge is 0.159 e. The van der Waals surface area contributed by atoms with Crippen LogP contribution in [0, 0.1) is 0 Å². The number of thioether (sulfide) groups is 1. The maximum absolute atomic E-state index is 6.10. The summed E-state index contributed by atoms with van der Waals surface area (Å²) in [5, 5.41) is 1.07. The van der Waals surface area contributed by atoms with E-state index < -0.39 is 0 Å². The predicted molar refractivity (Wildman–Crippen MR) is 84.5 cm³/mol. The van der Waals surface area contributed by atoms with E-state index in [4.69, 9.17) is 15.5 Å². The number of para-hydroxylation sites is 1. The molecule has 0 radical (unpaired) electrons. The second kappa shape index (κ2) is 6.16. The lowest BCUT2D eigenvalue weighted by Gasteiger charge is -2.23. The molecular weight excluding hydrogens is 288 g/mol. The van der Waals surface area contributed by atoms with E-state index in [1.165, 1.54) is 9.77 Å². The van der Waals surface area contributed by atoms with Gasteiger partial charge in [-0.3, -0.25) is 0 Å². The zero-order valence-corrected chi connectivity index (χ0v) is 13.1. The molecule has 5 heteroatoms. The summed E-state index contributed by atoms with van der Waals surface area (Å²) in [5.41, 5.74) is 6.98. The van der Waals surface area contributed by atoms with E-state index in [1.807, 2.05) is 30.0 Å². The van der Waals surface area contributed by atoms with Crippen LogP contribution in [0.5, 0.6) is 5.75 Å². The van der Waals surface area contributed by atoms with Gasteiger partial charge in [0.1, 0.15) is 10.8 Å². The highest BCUT2D eigenvalue weighted by atomic mass is 32.2. The van der Waals surface area contributed by atoms with Gasteiger partial charge in [-0.15, -0.1) is 23.1 Å². The van der Waals surface area contributed by atoms with Crippen LogP contribution < -0.4 is 10.5 Å². The van der Waals surface area contributed by atoms with Crippen LogP contribution in [-0.2, 0) is 13.0 Å². The molecule has 0 saturated heterocycles. The third-order valence-electron chi connectivity index (χ3n) is 3.25. The van der Waals surface area contributed by atoms with Crippen molar-refractivity contribution in [2.75, 3.05) is 5.75 Å². The molecule has 0 aliphatic carbocycles. The summed E-state index contributed by atoms with van der Waals surface area (Å²) in [5.74, 6) is 1.88. The zero-order chi connectivity index (χ0) is 13.9. The van der Waals surface area contributed by atoms with Crippen molar-refractivity contribution in [1.29, 1.82) is 0 Å². The first kappa shape index (κ1) is 13.9. The first-order valence-corrected chi connectivity index (χ1v) is 8.69. The molecule has 3 nitrogen and oxygen atoms in total. The highest BCUT2D eigenvalue weighted by Gasteiger charge is 2.25. The number of thiazole rings is 1. The SMILES string of the molecule is CCCc1nc(C2CSc3ccccc3O2)sc1CN. The van der Waals surface area contributed by atoms with Crippen molar-refractivity contribution < 1.29 is 4.74 Å². The van der Waals surface area contributed by atoms with E-state index in [2.05, 4.69) is 13.0 Å². The number of nitrogens with two attached hydrogens (primary N) is 1. The Labute approximate surface area is 127 Å². The number of rotatable bonds is 4. The quantitative estimate of drug-likeness (QED) is 0.934. The Kier molecular flexibility index (Phi) is 4.29. The number of aromatic nitrogens is 1. The average molecular weight is 306 g/mol. The van der Waals surface area contributed by atoms with Gasteiger partial charge >= 0.3 is 0 Å². The van der Waals surface area contributed by atoms with Crippen molar-refractivity contribution in [3.63, 3.8) is 0 Å². The van der Waals surface area contributed by atoms with Crippen molar-refractivity contribution in [3.05, 3.63) is 39.8 Å². The first-order chi connectivity index (χ1) is 9.81. The van der Waals surface area contributed by atoms with Crippen LogP contribution >= 0.6 is 23.1 Å². The minimum absolute atomic E-state index is 0.0517. The zero-order valence-electron chi connectivity index (χ0n) is 11.5. The number of hydrogen-bond donors (Lipinski definition) is 1. The average Bonchev–Trinajstić information content (AvgIpc) is 2.90. The lowest BCUT2D eigenvalue weighted by Crippen LogP contribution is -2.14. The van der Waals surface area contributed by atoms with E-state index in [1.54, 1.807) is 11.3 Å². The van der Waals surface area contributed by atoms with Crippen LogP contribution in [0.15, 0.2) is 29.2 Å². The van der Waals surface area contributed by atoms with Gasteiger partial charge in [0.2, 0.25) is 0 Å². The van der Waals surface area contributed by atoms with Crippen LogP contribution in [0.2, 0.25) is 0 Å². The Morgan fingerprint density at radius 3 is 3.05 bits per heavy atom. The van der Waals surface area contributed by atoms with Crippen LogP contribution in [0.3, 0.4) is 0 Å². The molecule has 0 saturated carbocycles. The Bertz CT molecular complexity index is 597. The molecule has 1 aromatic heterocycles. The Hall–Kier alpha value is -1.04. The second-order valence-corrected chi connectivity index (χ2v) is 6.92. The molecule has 2 aromatic rings. The molecule has 0 fully saturated rings. The molecular formula is C15H18N2OS2. The maximum atomic E-state index is 6.10. The fraction of sp³-hybridized carbons (Fsp3) is 0.400. The summed E-state index contributed by atoms with van der Waals surface area (Å²) in [7, 11) is 0. The summed E-state index contributed by atoms with van der Waals surface area (Å²) in [6.45, 7) is 2.74. The van der Waals surface area contributed by atoms with Gasteiger partial charge in [-0.05, 0) is 18.6 Å². The monoisotopic (exact) mass is 306 g/mol. The van der Waals surface area contributed by atoms with Crippen LogP contribution in [0.4, 0.5) is 0 Å². The van der Waals surface area contributed by atoms with Gasteiger partial charge in [-0.2, -0.15) is 0 Å². The number of benzene rings is 1. The van der Waals surface area contributed by atoms with Gasteiger partial charge in [0.15, 0.2) is 6.10 Å². The van der Waals surface area contributed by atoms with Crippen molar-refractivity contribution in [2.24, 2.45) is 5.73 Å². The molecule has 20 heavy (non-hydrogen) atoms. The molecule has 1 atom stereocenters. The highest BCUT2D eigenvalue weighted by molar-refractivity contribution is 7.99. The Morgan fingerprint density at radius 1 is 1.40 bits per heavy atom. The van der Waals surface area contributed by atoms with Gasteiger partial charge in [-0.1, -0.05) is 25.5 Å². The third kappa shape index (κ3) is 2.71. The number of aryl methyl sites for hydroxylation is 1. The molecule has 1 aromatic carbocycles. The lowest BCUT2D eigenvalue weighted by atomic mass is 10.2. The summed E-state index contributed by atoms with van der Waals surface area (Å²) >= 11 is 3.54. The predicted octanol–water partition coefficient (Wildman–Crippen LogP) is 3.78. The van der Waals surface area contributed by atoms with Gasteiger partial charge in [0.05, 0.1) is 5.69 Å². The van der Waals surface area contributed by atoms with Crippen LogP contribution in [0.1, 0.15) is 35.0 Å². The van der Waals surface area contributed by atoms with E-state index in [0.717, 1.165) is 35.0 Å². The topological polar surface area (TPSA) is 48.1 Å². The summed E-state index contributed by atoms with van der Waals surface area (Å²) in [4.78, 5) is 7.19. The molecule has 2 N–H and O–H groups in total. The summed E-state index contributed by atoms with van der Waals surface area (Å²) < 4.78 is 6.10. The van der Waals surface area contributed by atoms with Crippen LogP contribution in [-0.4, -0.2) is 10.7 Å². The maximum Gasteiger partial charge on any atom is 0.159 e. The van der Waals surface area contributed by atoms with Gasteiger partial charge in [0, 0.05) is 22.1 Å². The Balaban J connectivity index is 1.84. The second-order valence-electron chi connectivity index (χ2n) is 4.74. The molecule has 0 amide bonds. The standard InChI is InChI=1S/C15H18N2OS2/c1-2-5-10-14(8-16)20-15(17-10)12-9-19-13-7-4-3-6-11(13)18-12/h3-4,6-7,12H,2,5,8-9,16H2,1H3. The molecule has 1 aliphatic rings. The molecule has 0 spiro atoms. The molecule has 3 rings (SSSR count). The van der Waals surface area contributed by atoms with Crippen LogP contribution in [0.25, 0.3) is 0 Å². The molecule has 106 valence electrons. The summed E-state index contributed by atoms with van der Waals surface area (Å²) in [6.07, 6.45) is 2.15. The van der Waals surface area contributed by atoms with E-state index in [-0.39, 0.29) is 6.10 Å². The van der Waals surface area contributed by atoms with Gasteiger partial charge in [-0.25, -0.2) is 4.98 Å². The summed E-state index contributed by atoms with van der Waals surface area (Å²) in [6, 6.07) is 8.19. The minimum Gasteiger partial charge on any atom is -0.481 e. The highest BCUT2D eigenvalue weighted by Crippen LogP contribution is 2.41. The molecule has 2 heterocycles. The van der Waals surface area contributed by atoms with Gasteiger partial charge in [0.25, 0.3) is 0 Å². The normalized spacial score (nSPS) is 17.6. The largest absolute Gasteiger partial charge is 0.481 e. The van der Waals surface area contributed by atoms with Crippen molar-refractivity contribution in [3.8, 4) is 5.75 Å². The molecule has 1 aliphatic heterocycles. The van der Waals surface area contributed by atoms with E-state index in [9.17, 15) is 0 Å². The van der Waals surface area contributed by atoms with Crippen molar-refractivity contribution in [2.45, 2.75) is 37.3 Å². The Morgan fingerprint density at radius 2 is 2.25 bits per heavy atom. The van der Waals surface area contributed by atoms with Crippen molar-refractivity contribution >= 4 is 23.1 Å². The van der Waals surface area contributed by atoms with E-state index >= 15 is 0 Å². The number of ether oxygens (including phenoxy) is 1. The van der Waals surface area contributed by atoms with Crippen molar-refractivity contribution in [1.82, 2.24) is 4.98 Å². The fourth-order valence-electron chi connectivity index (χ4n) is 2.27. The fourth-order valence-corrected chi connectivity index (χ4v) is 4.39. The number of nitrogens with zero attached hydrogens (tertiary/aromatic N) is 1. The van der Waals surface area contributed by atoms with E-state index in [0.29, 0.717) is 6.54 Å². The third-order valence-corrected chi connectivity index (χ3v) is 5.58. The molecule has 1 unspecified atom stereocenters.